The van der Waals surface area contributed by atoms with E-state index in [-0.39, 0.29) is 11.7 Å². The van der Waals surface area contributed by atoms with Gasteiger partial charge in [-0.1, -0.05) is 31.2 Å². The predicted octanol–water partition coefficient (Wildman–Crippen LogP) is 6.08. The van der Waals surface area contributed by atoms with E-state index in [1.807, 2.05) is 29.6 Å². The van der Waals surface area contributed by atoms with Crippen LogP contribution in [-0.4, -0.2) is 16.6 Å². The first-order chi connectivity index (χ1) is 13.2. The molecule has 3 nitrogen and oxygen atoms in total. The van der Waals surface area contributed by atoms with Crippen LogP contribution in [0.2, 0.25) is 0 Å². The fourth-order valence-electron chi connectivity index (χ4n) is 2.38. The third-order valence-corrected chi connectivity index (χ3v) is 6.44. The number of nitrogens with one attached hydrogen (secondary N) is 1. The number of hydrogen-bond donors (Lipinski definition) is 1. The van der Waals surface area contributed by atoms with Crippen molar-refractivity contribution in [2.24, 2.45) is 0 Å². The van der Waals surface area contributed by atoms with E-state index in [4.69, 9.17) is 0 Å². The predicted molar refractivity (Wildman–Crippen MR) is 114 cm³/mol. The molecule has 1 amide bonds. The highest BCUT2D eigenvalue weighted by Gasteiger charge is 2.13. The first kappa shape index (κ1) is 19.9. The number of aromatic nitrogens is 1. The van der Waals surface area contributed by atoms with Crippen LogP contribution in [0.1, 0.15) is 28.5 Å². The second kappa shape index (κ2) is 9.92. The minimum Gasteiger partial charge on any atom is -0.298 e. The first-order valence-corrected chi connectivity index (χ1v) is 11.5. The summed E-state index contributed by atoms with van der Waals surface area (Å²) in [5, 5.41) is 5.46. The lowest BCUT2D eigenvalue weighted by Crippen LogP contribution is -2.12. The largest absolute Gasteiger partial charge is 0.298 e. The van der Waals surface area contributed by atoms with E-state index in [1.54, 1.807) is 35.7 Å². The van der Waals surface area contributed by atoms with Gasteiger partial charge >= 0.3 is 0 Å². The molecule has 27 heavy (non-hydrogen) atoms. The molecule has 2 aromatic carbocycles. The van der Waals surface area contributed by atoms with Gasteiger partial charge in [-0.2, -0.15) is 11.8 Å². The third kappa shape index (κ3) is 5.82. The first-order valence-electron chi connectivity index (χ1n) is 8.45. The number of thiazole rings is 1. The van der Waals surface area contributed by atoms with Crippen molar-refractivity contribution in [3.63, 3.8) is 0 Å². The fraction of sp³-hybridized carbons (Fsp3) is 0.200. The maximum atomic E-state index is 12.9. The molecule has 0 saturated carbocycles. The minimum atomic E-state index is -0.220. The van der Waals surface area contributed by atoms with E-state index in [2.05, 4.69) is 17.2 Å². The highest BCUT2D eigenvalue weighted by Crippen LogP contribution is 2.25. The number of hydrogen-bond acceptors (Lipinski definition) is 5. The van der Waals surface area contributed by atoms with Crippen LogP contribution in [-0.2, 0) is 11.5 Å². The van der Waals surface area contributed by atoms with Crippen molar-refractivity contribution in [1.82, 2.24) is 4.98 Å². The van der Waals surface area contributed by atoms with Gasteiger partial charge in [-0.25, -0.2) is 9.37 Å². The molecule has 0 unspecified atom stereocenters. The maximum Gasteiger partial charge on any atom is 0.258 e. The van der Waals surface area contributed by atoms with Gasteiger partial charge in [-0.15, -0.1) is 23.1 Å². The topological polar surface area (TPSA) is 42.0 Å². The van der Waals surface area contributed by atoms with Crippen molar-refractivity contribution >= 4 is 45.9 Å². The van der Waals surface area contributed by atoms with Crippen LogP contribution in [0.5, 0.6) is 0 Å². The van der Waals surface area contributed by atoms with Crippen molar-refractivity contribution in [1.29, 1.82) is 0 Å². The molecule has 0 radical (unpaired) electrons. The standard InChI is InChI=1S/C20H19FN2OS3/c1-2-26-18-6-4-3-5-17(18)19(24)23-20-22-16(13-27-20)12-25-11-14-7-9-15(21)10-8-14/h3-10,13H,2,11-12H2,1H3,(H,22,23,24). The Labute approximate surface area is 170 Å². The number of carbonyl (C=O) groups excluding carboxylic acids is 1. The lowest BCUT2D eigenvalue weighted by atomic mass is 10.2. The van der Waals surface area contributed by atoms with E-state index >= 15 is 0 Å². The Hall–Kier alpha value is -1.83. The van der Waals surface area contributed by atoms with Gasteiger partial charge in [0.05, 0.1) is 11.3 Å². The van der Waals surface area contributed by atoms with Crippen LogP contribution in [0.3, 0.4) is 0 Å². The molecule has 0 bridgehead atoms. The third-order valence-electron chi connectivity index (χ3n) is 3.64. The van der Waals surface area contributed by atoms with E-state index in [1.165, 1.54) is 23.5 Å². The molecule has 7 heteroatoms. The number of anilines is 1. The molecule has 0 spiro atoms. The quantitative estimate of drug-likeness (QED) is 0.450. The Morgan fingerprint density at radius 1 is 1.15 bits per heavy atom. The molecule has 3 rings (SSSR count). The minimum absolute atomic E-state index is 0.133. The number of halogens is 1. The molecule has 140 valence electrons. The Balaban J connectivity index is 1.54. The van der Waals surface area contributed by atoms with Crippen molar-refractivity contribution in [2.45, 2.75) is 23.3 Å². The Bertz CT molecular complexity index is 896. The van der Waals surface area contributed by atoms with Crippen LogP contribution in [0.15, 0.2) is 58.8 Å². The molecule has 0 saturated heterocycles. The maximum absolute atomic E-state index is 12.9. The monoisotopic (exact) mass is 418 g/mol. The molecule has 3 aromatic rings. The highest BCUT2D eigenvalue weighted by molar-refractivity contribution is 7.99. The second-order valence-corrected chi connectivity index (χ2v) is 8.80. The zero-order valence-corrected chi connectivity index (χ0v) is 17.2. The number of benzene rings is 2. The molecule has 1 N–H and O–H groups in total. The lowest BCUT2D eigenvalue weighted by molar-refractivity contribution is 0.102. The number of rotatable bonds is 8. The zero-order chi connectivity index (χ0) is 19.1. The number of amides is 1. The van der Waals surface area contributed by atoms with Gasteiger partial charge in [0.2, 0.25) is 0 Å². The van der Waals surface area contributed by atoms with Gasteiger partial charge in [0.25, 0.3) is 5.91 Å². The summed E-state index contributed by atoms with van der Waals surface area (Å²) in [5.41, 5.74) is 2.68. The lowest BCUT2D eigenvalue weighted by Gasteiger charge is -2.07. The van der Waals surface area contributed by atoms with Crippen molar-refractivity contribution in [2.75, 3.05) is 11.1 Å². The normalized spacial score (nSPS) is 10.7. The van der Waals surface area contributed by atoms with Gasteiger partial charge in [0, 0.05) is 21.8 Å². The van der Waals surface area contributed by atoms with E-state index < -0.39 is 0 Å². The molecule has 0 atom stereocenters. The van der Waals surface area contributed by atoms with Crippen LogP contribution >= 0.6 is 34.9 Å². The van der Waals surface area contributed by atoms with Crippen LogP contribution < -0.4 is 5.32 Å². The summed E-state index contributed by atoms with van der Waals surface area (Å²) in [7, 11) is 0. The summed E-state index contributed by atoms with van der Waals surface area (Å²) in [5.74, 6) is 2.10. The van der Waals surface area contributed by atoms with E-state index in [0.717, 1.165) is 33.4 Å². The van der Waals surface area contributed by atoms with Crippen molar-refractivity contribution in [3.8, 4) is 0 Å². The molecule has 0 aliphatic rings. The Morgan fingerprint density at radius 3 is 2.70 bits per heavy atom. The van der Waals surface area contributed by atoms with Crippen molar-refractivity contribution < 1.29 is 9.18 Å². The summed E-state index contributed by atoms with van der Waals surface area (Å²) in [4.78, 5) is 18.0. The molecule has 0 aliphatic heterocycles. The van der Waals surface area contributed by atoms with Gasteiger partial charge in [-0.05, 0) is 35.6 Å². The molecular formula is C20H19FN2OS3. The molecule has 1 aromatic heterocycles. The molecule has 1 heterocycles. The van der Waals surface area contributed by atoms with E-state index in [9.17, 15) is 9.18 Å². The zero-order valence-electron chi connectivity index (χ0n) is 14.8. The number of carbonyl (C=O) groups is 1. The average molecular weight is 419 g/mol. The Morgan fingerprint density at radius 2 is 1.93 bits per heavy atom. The summed E-state index contributed by atoms with van der Waals surface area (Å²) in [6, 6.07) is 14.1. The van der Waals surface area contributed by atoms with Crippen molar-refractivity contribution in [3.05, 3.63) is 76.5 Å². The van der Waals surface area contributed by atoms with Crippen LogP contribution in [0.25, 0.3) is 0 Å². The fourth-order valence-corrected chi connectivity index (χ4v) is 4.88. The molecular weight excluding hydrogens is 399 g/mol. The summed E-state index contributed by atoms with van der Waals surface area (Å²) in [6.07, 6.45) is 0. The summed E-state index contributed by atoms with van der Waals surface area (Å²) in [6.45, 7) is 2.07. The van der Waals surface area contributed by atoms with Crippen LogP contribution in [0, 0.1) is 5.82 Å². The summed E-state index contributed by atoms with van der Waals surface area (Å²) < 4.78 is 12.9. The van der Waals surface area contributed by atoms with Gasteiger partial charge in [-0.3, -0.25) is 10.1 Å². The smallest absolute Gasteiger partial charge is 0.258 e. The van der Waals surface area contributed by atoms with Gasteiger partial charge < -0.3 is 0 Å². The van der Waals surface area contributed by atoms with E-state index in [0.29, 0.717) is 10.7 Å². The molecule has 0 fully saturated rings. The van der Waals surface area contributed by atoms with Gasteiger partial charge in [0.1, 0.15) is 5.82 Å². The van der Waals surface area contributed by atoms with Crippen LogP contribution in [0.4, 0.5) is 9.52 Å². The SMILES string of the molecule is CCSc1ccccc1C(=O)Nc1nc(CSCc2ccc(F)cc2)cs1. The second-order valence-electron chi connectivity index (χ2n) is 5.65. The number of nitrogens with zero attached hydrogens (tertiary/aromatic N) is 1. The van der Waals surface area contributed by atoms with Gasteiger partial charge in [0.15, 0.2) is 5.13 Å². The Kier molecular flexibility index (Phi) is 7.32. The average Bonchev–Trinajstić information content (AvgIpc) is 3.11. The molecule has 0 aliphatic carbocycles. The summed E-state index contributed by atoms with van der Waals surface area (Å²) >= 11 is 4.79. The highest BCUT2D eigenvalue weighted by atomic mass is 32.2. The number of thioether (sulfide) groups is 2.